The fourth-order valence-electron chi connectivity index (χ4n) is 4.10. The fraction of sp³-hybridized carbons (Fsp3) is 0.292. The van der Waals surface area contributed by atoms with Crippen LogP contribution in [0.1, 0.15) is 34.1 Å². The second-order valence-electron chi connectivity index (χ2n) is 8.42. The van der Waals surface area contributed by atoms with E-state index in [-0.39, 0.29) is 17.6 Å². The smallest absolute Gasteiger partial charge is 0.270 e. The summed E-state index contributed by atoms with van der Waals surface area (Å²) in [5.41, 5.74) is 2.11. The normalized spacial score (nSPS) is 15.5. The average Bonchev–Trinajstić information content (AvgIpc) is 3.51. The number of rotatable bonds is 5. The number of thiophene rings is 1. The van der Waals surface area contributed by atoms with E-state index in [2.05, 4.69) is 15.0 Å². The molecule has 3 heterocycles. The van der Waals surface area contributed by atoms with E-state index in [1.807, 2.05) is 43.0 Å². The Bertz CT molecular complexity index is 1360. The van der Waals surface area contributed by atoms with Gasteiger partial charge in [-0.2, -0.15) is 4.98 Å². The quantitative estimate of drug-likeness (QED) is 0.303. The molecule has 1 aliphatic heterocycles. The number of piperazine rings is 1. The van der Waals surface area contributed by atoms with E-state index in [0.717, 1.165) is 15.6 Å². The number of fused-ring (bicyclic) bond motifs is 1. The molecule has 1 saturated heterocycles. The van der Waals surface area contributed by atoms with Crippen LogP contribution in [0.15, 0.2) is 53.1 Å². The van der Waals surface area contributed by atoms with Crippen LogP contribution in [-0.4, -0.2) is 56.9 Å². The van der Waals surface area contributed by atoms with E-state index < -0.39 is 4.92 Å². The standard InChI is InChI=1S/C24H23N5O4S/c1-15-3-5-17(6-4-15)22-25-23(33-26-22)16(2)27-9-11-28(12-10-27)24(30)21-14-18-13-19(29(31)32)7-8-20(18)34-21/h3-8,13-14,16H,9-12H2,1-2H3. The van der Waals surface area contributed by atoms with Crippen LogP contribution in [0.4, 0.5) is 5.69 Å². The Morgan fingerprint density at radius 1 is 1.12 bits per heavy atom. The molecule has 1 amide bonds. The lowest BCUT2D eigenvalue weighted by atomic mass is 10.1. The lowest BCUT2D eigenvalue weighted by Crippen LogP contribution is -2.49. The number of nitrogens with zero attached hydrogens (tertiary/aromatic N) is 5. The van der Waals surface area contributed by atoms with Crippen molar-refractivity contribution in [2.45, 2.75) is 19.9 Å². The van der Waals surface area contributed by atoms with Crippen molar-refractivity contribution in [1.29, 1.82) is 0 Å². The molecular weight excluding hydrogens is 454 g/mol. The van der Waals surface area contributed by atoms with Crippen molar-refractivity contribution in [2.75, 3.05) is 26.2 Å². The third kappa shape index (κ3) is 4.29. The van der Waals surface area contributed by atoms with Crippen molar-refractivity contribution in [2.24, 2.45) is 0 Å². The molecule has 174 valence electrons. The Balaban J connectivity index is 1.23. The summed E-state index contributed by atoms with van der Waals surface area (Å²) in [6, 6.07) is 14.3. The highest BCUT2D eigenvalue weighted by atomic mass is 32.1. The highest BCUT2D eigenvalue weighted by Gasteiger charge is 2.29. The number of aromatic nitrogens is 2. The first-order chi connectivity index (χ1) is 16.4. The molecule has 0 aliphatic carbocycles. The molecule has 34 heavy (non-hydrogen) atoms. The molecule has 0 N–H and O–H groups in total. The summed E-state index contributed by atoms with van der Waals surface area (Å²) in [5.74, 6) is 1.08. The van der Waals surface area contributed by atoms with Crippen LogP contribution in [0.2, 0.25) is 0 Å². The Morgan fingerprint density at radius 3 is 2.56 bits per heavy atom. The van der Waals surface area contributed by atoms with Crippen LogP contribution in [-0.2, 0) is 0 Å². The summed E-state index contributed by atoms with van der Waals surface area (Å²) in [4.78, 5) is 32.9. The van der Waals surface area contributed by atoms with Gasteiger partial charge in [-0.1, -0.05) is 35.0 Å². The molecule has 4 aromatic rings. The lowest BCUT2D eigenvalue weighted by Gasteiger charge is -2.36. The number of aryl methyl sites for hydroxylation is 1. The molecule has 1 atom stereocenters. The predicted octanol–water partition coefficient (Wildman–Crippen LogP) is 4.69. The van der Waals surface area contributed by atoms with E-state index in [4.69, 9.17) is 4.52 Å². The Hall–Kier alpha value is -3.63. The zero-order valence-corrected chi connectivity index (χ0v) is 19.6. The summed E-state index contributed by atoms with van der Waals surface area (Å²) in [5, 5.41) is 15.9. The maximum atomic E-state index is 13.1. The Morgan fingerprint density at radius 2 is 1.85 bits per heavy atom. The largest absolute Gasteiger partial charge is 0.337 e. The number of benzene rings is 2. The van der Waals surface area contributed by atoms with Gasteiger partial charge in [-0.25, -0.2) is 0 Å². The van der Waals surface area contributed by atoms with Crippen LogP contribution in [0.5, 0.6) is 0 Å². The summed E-state index contributed by atoms with van der Waals surface area (Å²) in [6.45, 7) is 6.59. The molecule has 0 saturated carbocycles. The van der Waals surface area contributed by atoms with Crippen molar-refractivity contribution in [3.63, 3.8) is 0 Å². The predicted molar refractivity (Wildman–Crippen MR) is 129 cm³/mol. The molecule has 1 fully saturated rings. The van der Waals surface area contributed by atoms with Crippen LogP contribution in [0.3, 0.4) is 0 Å². The number of amides is 1. The van der Waals surface area contributed by atoms with Gasteiger partial charge >= 0.3 is 0 Å². The minimum atomic E-state index is -0.424. The van der Waals surface area contributed by atoms with Crippen molar-refractivity contribution in [3.05, 3.63) is 75.0 Å². The van der Waals surface area contributed by atoms with Crippen LogP contribution in [0, 0.1) is 17.0 Å². The topological polar surface area (TPSA) is 106 Å². The van der Waals surface area contributed by atoms with Gasteiger partial charge < -0.3 is 9.42 Å². The van der Waals surface area contributed by atoms with Crippen molar-refractivity contribution in [3.8, 4) is 11.4 Å². The summed E-state index contributed by atoms with van der Waals surface area (Å²) < 4.78 is 6.40. The van der Waals surface area contributed by atoms with Crippen LogP contribution >= 0.6 is 11.3 Å². The monoisotopic (exact) mass is 477 g/mol. The summed E-state index contributed by atoms with van der Waals surface area (Å²) in [6.07, 6.45) is 0. The maximum absolute atomic E-state index is 13.1. The molecule has 0 spiro atoms. The molecule has 1 unspecified atom stereocenters. The van der Waals surface area contributed by atoms with Gasteiger partial charge in [0, 0.05) is 54.0 Å². The number of hydrogen-bond donors (Lipinski definition) is 0. The van der Waals surface area contributed by atoms with Crippen LogP contribution in [0.25, 0.3) is 21.5 Å². The zero-order chi connectivity index (χ0) is 23.8. The SMILES string of the molecule is Cc1ccc(-c2noc(C(C)N3CCN(C(=O)c4cc5cc([N+](=O)[O-])ccc5s4)CC3)n2)cc1. The highest BCUT2D eigenvalue weighted by molar-refractivity contribution is 7.20. The van der Waals surface area contributed by atoms with E-state index in [9.17, 15) is 14.9 Å². The van der Waals surface area contributed by atoms with Crippen molar-refractivity contribution >= 4 is 33.0 Å². The molecule has 2 aromatic heterocycles. The van der Waals surface area contributed by atoms with E-state index in [1.165, 1.54) is 29.0 Å². The molecule has 10 heteroatoms. The first-order valence-corrected chi connectivity index (χ1v) is 11.8. The number of non-ortho nitro benzene ring substituents is 1. The Kier molecular flexibility index (Phi) is 5.84. The third-order valence-electron chi connectivity index (χ3n) is 6.18. The van der Waals surface area contributed by atoms with Gasteiger partial charge in [-0.15, -0.1) is 11.3 Å². The Labute approximate surface area is 199 Å². The number of carbonyl (C=O) groups excluding carboxylic acids is 1. The van der Waals surface area contributed by atoms with Crippen molar-refractivity contribution < 1.29 is 14.2 Å². The van der Waals surface area contributed by atoms with Gasteiger partial charge in [0.05, 0.1) is 15.8 Å². The zero-order valence-electron chi connectivity index (χ0n) is 18.8. The lowest BCUT2D eigenvalue weighted by molar-refractivity contribution is -0.384. The number of carbonyl (C=O) groups is 1. The average molecular weight is 478 g/mol. The molecule has 2 aromatic carbocycles. The van der Waals surface area contributed by atoms with Gasteiger partial charge in [-0.3, -0.25) is 19.8 Å². The molecule has 5 rings (SSSR count). The molecular formula is C24H23N5O4S. The van der Waals surface area contributed by atoms with Gasteiger partial charge in [-0.05, 0) is 26.0 Å². The number of nitro groups is 1. The molecule has 1 aliphatic rings. The summed E-state index contributed by atoms with van der Waals surface area (Å²) >= 11 is 1.36. The van der Waals surface area contributed by atoms with Crippen molar-refractivity contribution in [1.82, 2.24) is 19.9 Å². The first-order valence-electron chi connectivity index (χ1n) is 11.0. The van der Waals surface area contributed by atoms with Gasteiger partial charge in [0.2, 0.25) is 11.7 Å². The van der Waals surface area contributed by atoms with Gasteiger partial charge in [0.15, 0.2) is 0 Å². The molecule has 9 nitrogen and oxygen atoms in total. The number of hydrogen-bond acceptors (Lipinski definition) is 8. The second-order valence-corrected chi connectivity index (χ2v) is 9.50. The molecule has 0 radical (unpaired) electrons. The first kappa shape index (κ1) is 22.2. The maximum Gasteiger partial charge on any atom is 0.270 e. The second kappa shape index (κ2) is 8.96. The minimum Gasteiger partial charge on any atom is -0.337 e. The summed E-state index contributed by atoms with van der Waals surface area (Å²) in [7, 11) is 0. The highest BCUT2D eigenvalue weighted by Crippen LogP contribution is 2.30. The number of nitro benzene ring substituents is 1. The van der Waals surface area contributed by atoms with E-state index >= 15 is 0 Å². The van der Waals surface area contributed by atoms with Gasteiger partial charge in [0.25, 0.3) is 11.6 Å². The van der Waals surface area contributed by atoms with Gasteiger partial charge in [0.1, 0.15) is 0 Å². The molecule has 0 bridgehead atoms. The van der Waals surface area contributed by atoms with E-state index in [1.54, 1.807) is 12.1 Å². The minimum absolute atomic E-state index is 0.0264. The van der Waals surface area contributed by atoms with E-state index in [0.29, 0.717) is 42.8 Å². The fourth-order valence-corrected chi connectivity index (χ4v) is 5.11. The van der Waals surface area contributed by atoms with Crippen LogP contribution < -0.4 is 0 Å². The third-order valence-corrected chi connectivity index (χ3v) is 7.28.